The number of benzene rings is 2. The van der Waals surface area contributed by atoms with Crippen molar-refractivity contribution in [1.29, 1.82) is 0 Å². The monoisotopic (exact) mass is 579 g/mol. The molecule has 0 amide bonds. The normalized spacial score (nSPS) is 15.6. The number of β-amino-alcohol motifs (C(OH)–C–C–N with tert-alkyl or cyclic N) is 1. The lowest BCUT2D eigenvalue weighted by molar-refractivity contribution is 0.0599. The minimum Gasteiger partial charge on any atom is -0.490 e. The van der Waals surface area contributed by atoms with Gasteiger partial charge in [0.15, 0.2) is 5.76 Å². The Hall–Kier alpha value is -2.29. The van der Waals surface area contributed by atoms with E-state index in [2.05, 4.69) is 35.0 Å². The van der Waals surface area contributed by atoms with Crippen LogP contribution in [0.1, 0.15) is 44.1 Å². The smallest absolute Gasteiger partial charge is 0.283 e. The van der Waals surface area contributed by atoms with Crippen molar-refractivity contribution in [1.82, 2.24) is 15.1 Å². The standard InChI is InChI=1S/C28H31Cl2N3O4.ClH/c1-17(2)12-27-31-32-28(37-27)26-14-21-24(4-3-5-25(21)36-26)35-16-20(34)15-33-10-8-18(9-11-33)19-6-7-22(29)23(30)13-19;/h3-7,13-14,17-18,20,34H,8-12,15-16H2,1-2H3;1H/t20-;/m0./s1. The lowest BCUT2D eigenvalue weighted by atomic mass is 9.89. The first-order chi connectivity index (χ1) is 17.9. The summed E-state index contributed by atoms with van der Waals surface area (Å²) in [6.07, 6.45) is 2.12. The third-order valence-electron chi connectivity index (χ3n) is 6.68. The van der Waals surface area contributed by atoms with E-state index in [9.17, 15) is 5.11 Å². The number of piperidine rings is 1. The number of halogens is 3. The second-order valence-corrected chi connectivity index (χ2v) is 10.9. The summed E-state index contributed by atoms with van der Waals surface area (Å²) >= 11 is 12.3. The van der Waals surface area contributed by atoms with Crippen molar-refractivity contribution in [3.8, 4) is 17.4 Å². The Kier molecular flexibility index (Phi) is 9.60. The van der Waals surface area contributed by atoms with Crippen LogP contribution in [-0.4, -0.2) is 52.5 Å². The molecule has 10 heteroatoms. The number of nitrogens with zero attached hydrogens (tertiary/aromatic N) is 3. The number of likely N-dealkylation sites (tertiary alicyclic amines) is 1. The number of aliphatic hydroxyl groups excluding tert-OH is 1. The molecule has 204 valence electrons. The topological polar surface area (TPSA) is 84.8 Å². The summed E-state index contributed by atoms with van der Waals surface area (Å²) in [7, 11) is 0. The average molecular weight is 581 g/mol. The number of aliphatic hydroxyl groups is 1. The van der Waals surface area contributed by atoms with Gasteiger partial charge in [-0.2, -0.15) is 0 Å². The van der Waals surface area contributed by atoms with Crippen LogP contribution in [0.5, 0.6) is 5.75 Å². The number of hydrogen-bond donors (Lipinski definition) is 1. The van der Waals surface area contributed by atoms with Crippen molar-refractivity contribution in [2.45, 2.75) is 45.1 Å². The summed E-state index contributed by atoms with van der Waals surface area (Å²) in [5.41, 5.74) is 1.89. The second-order valence-electron chi connectivity index (χ2n) is 10.1. The lowest BCUT2D eigenvalue weighted by Gasteiger charge is -2.33. The average Bonchev–Trinajstić information content (AvgIpc) is 3.52. The van der Waals surface area contributed by atoms with Gasteiger partial charge in [-0.3, -0.25) is 0 Å². The van der Waals surface area contributed by atoms with Gasteiger partial charge in [-0.05, 0) is 67.6 Å². The number of fused-ring (bicyclic) bond motifs is 1. The summed E-state index contributed by atoms with van der Waals surface area (Å²) in [4.78, 5) is 2.28. The molecule has 1 aliphatic rings. The van der Waals surface area contributed by atoms with Crippen molar-refractivity contribution in [2.75, 3.05) is 26.2 Å². The molecule has 1 aliphatic heterocycles. The lowest BCUT2D eigenvalue weighted by Crippen LogP contribution is -2.40. The van der Waals surface area contributed by atoms with Gasteiger partial charge in [-0.25, -0.2) is 0 Å². The Bertz CT molecular complexity index is 1350. The molecule has 0 radical (unpaired) electrons. The Morgan fingerprint density at radius 1 is 1.05 bits per heavy atom. The van der Waals surface area contributed by atoms with Crippen molar-refractivity contribution < 1.29 is 18.7 Å². The van der Waals surface area contributed by atoms with Crippen LogP contribution < -0.4 is 4.74 Å². The minimum atomic E-state index is -0.613. The van der Waals surface area contributed by atoms with Crippen LogP contribution in [0.2, 0.25) is 10.0 Å². The highest BCUT2D eigenvalue weighted by Crippen LogP contribution is 2.34. The molecular formula is C28H32Cl3N3O4. The first-order valence-electron chi connectivity index (χ1n) is 12.7. The summed E-state index contributed by atoms with van der Waals surface area (Å²) in [6, 6.07) is 13.3. The van der Waals surface area contributed by atoms with Gasteiger partial charge in [-0.15, -0.1) is 22.6 Å². The summed E-state index contributed by atoms with van der Waals surface area (Å²) < 4.78 is 17.7. The zero-order valence-electron chi connectivity index (χ0n) is 21.4. The number of hydrogen-bond acceptors (Lipinski definition) is 7. The van der Waals surface area contributed by atoms with Gasteiger partial charge < -0.3 is 23.6 Å². The summed E-state index contributed by atoms with van der Waals surface area (Å²) in [6.45, 7) is 6.76. The molecule has 0 saturated carbocycles. The van der Waals surface area contributed by atoms with E-state index in [1.54, 1.807) is 0 Å². The van der Waals surface area contributed by atoms with Gasteiger partial charge in [0.25, 0.3) is 5.89 Å². The van der Waals surface area contributed by atoms with Crippen LogP contribution >= 0.6 is 35.6 Å². The van der Waals surface area contributed by atoms with Crippen LogP contribution in [0, 0.1) is 5.92 Å². The quantitative estimate of drug-likeness (QED) is 0.227. The van der Waals surface area contributed by atoms with E-state index < -0.39 is 6.10 Å². The van der Waals surface area contributed by atoms with Crippen LogP contribution in [0.3, 0.4) is 0 Å². The van der Waals surface area contributed by atoms with Crippen LogP contribution in [0.4, 0.5) is 0 Å². The van der Waals surface area contributed by atoms with Crippen LogP contribution in [0.15, 0.2) is 51.3 Å². The summed E-state index contributed by atoms with van der Waals surface area (Å²) in [5.74, 6) is 2.95. The fraction of sp³-hybridized carbons (Fsp3) is 0.429. The Morgan fingerprint density at radius 2 is 1.84 bits per heavy atom. The maximum Gasteiger partial charge on any atom is 0.283 e. The highest BCUT2D eigenvalue weighted by Gasteiger charge is 2.23. The van der Waals surface area contributed by atoms with Crippen molar-refractivity contribution >= 4 is 46.6 Å². The van der Waals surface area contributed by atoms with E-state index in [1.165, 1.54) is 5.56 Å². The van der Waals surface area contributed by atoms with E-state index in [0.29, 0.717) is 63.7 Å². The Morgan fingerprint density at radius 3 is 2.58 bits per heavy atom. The predicted molar refractivity (Wildman–Crippen MR) is 152 cm³/mol. The maximum absolute atomic E-state index is 10.7. The molecule has 5 rings (SSSR count). The summed E-state index contributed by atoms with van der Waals surface area (Å²) in [5, 5.41) is 20.9. The van der Waals surface area contributed by atoms with Gasteiger partial charge in [-0.1, -0.05) is 49.2 Å². The van der Waals surface area contributed by atoms with E-state index in [-0.39, 0.29) is 19.0 Å². The Labute approximate surface area is 238 Å². The predicted octanol–water partition coefficient (Wildman–Crippen LogP) is 7.03. The number of rotatable bonds is 9. The van der Waals surface area contributed by atoms with Crippen LogP contribution in [0.25, 0.3) is 22.6 Å². The fourth-order valence-electron chi connectivity index (χ4n) is 4.80. The molecule has 1 N–H and O–H groups in total. The molecule has 3 heterocycles. The van der Waals surface area contributed by atoms with Gasteiger partial charge >= 0.3 is 0 Å². The molecule has 7 nitrogen and oxygen atoms in total. The largest absolute Gasteiger partial charge is 0.490 e. The second kappa shape index (κ2) is 12.7. The zero-order chi connectivity index (χ0) is 25.9. The Balaban J connectivity index is 0.00000336. The van der Waals surface area contributed by atoms with Crippen molar-refractivity contribution in [3.05, 3.63) is 64.0 Å². The SMILES string of the molecule is CC(C)Cc1nnc(-c2cc3c(OC[C@@H](O)CN4CCC(c5ccc(Cl)c(Cl)c5)CC4)cccc3o2)o1.Cl. The molecule has 2 aromatic heterocycles. The fourth-order valence-corrected chi connectivity index (χ4v) is 5.11. The van der Waals surface area contributed by atoms with Crippen molar-refractivity contribution in [3.63, 3.8) is 0 Å². The third kappa shape index (κ3) is 6.82. The molecule has 0 unspecified atom stereocenters. The molecule has 0 spiro atoms. The molecule has 4 aromatic rings. The minimum absolute atomic E-state index is 0. The molecule has 0 bridgehead atoms. The van der Waals surface area contributed by atoms with Crippen molar-refractivity contribution in [2.24, 2.45) is 5.92 Å². The third-order valence-corrected chi connectivity index (χ3v) is 7.42. The molecule has 1 fully saturated rings. The molecule has 2 aromatic carbocycles. The first kappa shape index (κ1) is 28.7. The number of aromatic nitrogens is 2. The molecule has 1 saturated heterocycles. The van der Waals surface area contributed by atoms with Crippen LogP contribution in [-0.2, 0) is 6.42 Å². The molecule has 1 atom stereocenters. The van der Waals surface area contributed by atoms with Gasteiger partial charge in [0, 0.05) is 19.0 Å². The highest BCUT2D eigenvalue weighted by atomic mass is 35.5. The van der Waals surface area contributed by atoms with E-state index in [4.69, 9.17) is 36.8 Å². The first-order valence-corrected chi connectivity index (χ1v) is 13.4. The number of furan rings is 1. The molecule has 0 aliphatic carbocycles. The molecule has 38 heavy (non-hydrogen) atoms. The zero-order valence-corrected chi connectivity index (χ0v) is 23.7. The van der Waals surface area contributed by atoms with Gasteiger partial charge in [0.05, 0.1) is 15.4 Å². The van der Waals surface area contributed by atoms with Gasteiger partial charge in [0.1, 0.15) is 24.0 Å². The molecular weight excluding hydrogens is 549 g/mol. The van der Waals surface area contributed by atoms with Gasteiger partial charge in [0.2, 0.25) is 5.89 Å². The van der Waals surface area contributed by atoms with E-state index >= 15 is 0 Å². The number of ether oxygens (including phenoxy) is 1. The maximum atomic E-state index is 10.7. The highest BCUT2D eigenvalue weighted by molar-refractivity contribution is 6.42. The van der Waals surface area contributed by atoms with E-state index in [1.807, 2.05) is 36.4 Å². The van der Waals surface area contributed by atoms with E-state index in [0.717, 1.165) is 31.3 Å².